The van der Waals surface area contributed by atoms with Crippen molar-refractivity contribution in [3.05, 3.63) is 53.1 Å². The number of allylic oxidation sites excluding steroid dienone is 4. The fraction of sp³-hybridized carbons (Fsp3) is 0.222. The zero-order valence-corrected chi connectivity index (χ0v) is 12.4. The van der Waals surface area contributed by atoms with E-state index < -0.39 is 5.92 Å². The zero-order chi connectivity index (χ0) is 16.6. The minimum atomic E-state index is -0.455. The summed E-state index contributed by atoms with van der Waals surface area (Å²) in [6.45, 7) is 0. The number of carbonyl (C=O) groups excluding carboxylic acids is 4. The van der Waals surface area contributed by atoms with Crippen LogP contribution in [0.1, 0.15) is 40.0 Å². The second-order valence-electron chi connectivity index (χ2n) is 5.77. The fourth-order valence-electron chi connectivity index (χ4n) is 2.98. The monoisotopic (exact) mass is 309 g/mol. The van der Waals surface area contributed by atoms with Crippen molar-refractivity contribution in [1.29, 1.82) is 0 Å². The molecule has 0 radical (unpaired) electrons. The van der Waals surface area contributed by atoms with Gasteiger partial charge in [-0.3, -0.25) is 19.2 Å². The molecule has 0 heterocycles. The Morgan fingerprint density at radius 3 is 2.65 bits per heavy atom. The van der Waals surface area contributed by atoms with Crippen LogP contribution in [0.4, 0.5) is 5.69 Å². The average molecular weight is 309 g/mol. The van der Waals surface area contributed by atoms with Gasteiger partial charge in [-0.15, -0.1) is 0 Å². The Bertz CT molecular complexity index is 801. The summed E-state index contributed by atoms with van der Waals surface area (Å²) in [5.74, 6) is -1.34. The summed E-state index contributed by atoms with van der Waals surface area (Å²) < 4.78 is 0. The van der Waals surface area contributed by atoms with Crippen molar-refractivity contribution in [1.82, 2.24) is 0 Å². The number of ketones is 4. The summed E-state index contributed by atoms with van der Waals surface area (Å²) in [5.41, 5.74) is 6.86. The lowest BCUT2D eigenvalue weighted by atomic mass is 9.82. The molecule has 0 saturated carbocycles. The van der Waals surface area contributed by atoms with Gasteiger partial charge in [0, 0.05) is 29.2 Å². The molecule has 0 fully saturated rings. The lowest BCUT2D eigenvalue weighted by molar-refractivity contribution is -0.118. The topological polar surface area (TPSA) is 94.3 Å². The Hall–Kier alpha value is -2.82. The molecule has 1 atom stereocenters. The Labute approximate surface area is 132 Å². The predicted molar refractivity (Wildman–Crippen MR) is 84.1 cm³/mol. The summed E-state index contributed by atoms with van der Waals surface area (Å²) in [6.07, 6.45) is 4.63. The Kier molecular flexibility index (Phi) is 3.78. The second-order valence-corrected chi connectivity index (χ2v) is 5.77. The molecule has 2 N–H and O–H groups in total. The van der Waals surface area contributed by atoms with Crippen molar-refractivity contribution >= 4 is 28.8 Å². The summed E-state index contributed by atoms with van der Waals surface area (Å²) in [7, 11) is 0. The molecule has 5 nitrogen and oxygen atoms in total. The van der Waals surface area contributed by atoms with E-state index in [-0.39, 0.29) is 52.8 Å². The van der Waals surface area contributed by atoms with Crippen LogP contribution in [0.5, 0.6) is 0 Å². The number of carbonyl (C=O) groups is 4. The maximum Gasteiger partial charge on any atom is 0.189 e. The largest absolute Gasteiger partial charge is 0.398 e. The van der Waals surface area contributed by atoms with Crippen LogP contribution in [0.3, 0.4) is 0 Å². The van der Waals surface area contributed by atoms with Gasteiger partial charge in [0.05, 0.1) is 5.56 Å². The molecule has 0 spiro atoms. The van der Waals surface area contributed by atoms with E-state index in [2.05, 4.69) is 0 Å². The molecule has 1 aromatic rings. The zero-order valence-electron chi connectivity index (χ0n) is 12.4. The van der Waals surface area contributed by atoms with Crippen molar-refractivity contribution < 1.29 is 19.2 Å². The number of nitrogens with two attached hydrogens (primary N) is 1. The van der Waals surface area contributed by atoms with E-state index in [9.17, 15) is 19.2 Å². The van der Waals surface area contributed by atoms with Gasteiger partial charge in [-0.2, -0.15) is 0 Å². The number of hydrogen-bond donors (Lipinski definition) is 1. The third-order valence-electron chi connectivity index (χ3n) is 4.23. The first-order valence-electron chi connectivity index (χ1n) is 7.40. The smallest absolute Gasteiger partial charge is 0.189 e. The van der Waals surface area contributed by atoms with E-state index in [0.717, 1.165) is 0 Å². The van der Waals surface area contributed by atoms with Crippen LogP contribution in [0.15, 0.2) is 42.0 Å². The van der Waals surface area contributed by atoms with Crippen molar-refractivity contribution in [2.75, 3.05) is 5.73 Å². The van der Waals surface area contributed by atoms with Gasteiger partial charge in [-0.25, -0.2) is 0 Å². The Morgan fingerprint density at radius 1 is 1.09 bits per heavy atom. The number of anilines is 1. The highest BCUT2D eigenvalue weighted by Crippen LogP contribution is 2.30. The van der Waals surface area contributed by atoms with Crippen LogP contribution in [-0.4, -0.2) is 23.1 Å². The first-order valence-corrected chi connectivity index (χ1v) is 7.40. The molecule has 0 amide bonds. The van der Waals surface area contributed by atoms with Crippen molar-refractivity contribution in [2.24, 2.45) is 5.92 Å². The van der Waals surface area contributed by atoms with E-state index in [1.807, 2.05) is 0 Å². The number of rotatable bonds is 2. The molecular formula is C18H15NO4. The lowest BCUT2D eigenvalue weighted by Crippen LogP contribution is -2.22. The summed E-state index contributed by atoms with van der Waals surface area (Å²) in [5, 5.41) is 0. The van der Waals surface area contributed by atoms with Crippen molar-refractivity contribution in [3.63, 3.8) is 0 Å². The third kappa shape index (κ3) is 2.77. The molecule has 23 heavy (non-hydrogen) atoms. The minimum absolute atomic E-state index is 0.0982. The van der Waals surface area contributed by atoms with Gasteiger partial charge < -0.3 is 5.73 Å². The molecule has 0 bridgehead atoms. The highest BCUT2D eigenvalue weighted by atomic mass is 16.1. The number of hydrogen-bond acceptors (Lipinski definition) is 5. The van der Waals surface area contributed by atoms with E-state index in [0.29, 0.717) is 12.0 Å². The van der Waals surface area contributed by atoms with Gasteiger partial charge >= 0.3 is 0 Å². The maximum absolute atomic E-state index is 12.6. The first kappa shape index (κ1) is 15.1. The summed E-state index contributed by atoms with van der Waals surface area (Å²) in [4.78, 5) is 48.3. The third-order valence-corrected chi connectivity index (χ3v) is 4.23. The quantitative estimate of drug-likeness (QED) is 0.844. The molecule has 5 heteroatoms. The van der Waals surface area contributed by atoms with Crippen molar-refractivity contribution in [3.8, 4) is 0 Å². The predicted octanol–water partition coefficient (Wildman–Crippen LogP) is 2.07. The summed E-state index contributed by atoms with van der Waals surface area (Å²) >= 11 is 0. The minimum Gasteiger partial charge on any atom is -0.398 e. The molecule has 0 aliphatic heterocycles. The number of nitrogen functional groups attached to an aromatic ring is 1. The van der Waals surface area contributed by atoms with Crippen LogP contribution in [-0.2, 0) is 9.59 Å². The van der Waals surface area contributed by atoms with Gasteiger partial charge in [0.2, 0.25) is 0 Å². The Balaban J connectivity index is 1.89. The van der Waals surface area contributed by atoms with E-state index in [4.69, 9.17) is 5.73 Å². The lowest BCUT2D eigenvalue weighted by Gasteiger charge is -2.19. The van der Waals surface area contributed by atoms with Crippen LogP contribution in [0, 0.1) is 5.92 Å². The molecule has 1 aromatic carbocycles. The van der Waals surface area contributed by atoms with Gasteiger partial charge in [-0.1, -0.05) is 12.1 Å². The molecule has 116 valence electrons. The number of benzene rings is 1. The molecule has 0 aromatic heterocycles. The van der Waals surface area contributed by atoms with Gasteiger partial charge in [0.25, 0.3) is 0 Å². The number of fused-ring (bicyclic) bond motifs is 1. The van der Waals surface area contributed by atoms with E-state index >= 15 is 0 Å². The maximum atomic E-state index is 12.6. The molecule has 2 aliphatic rings. The highest BCUT2D eigenvalue weighted by Gasteiger charge is 2.30. The highest BCUT2D eigenvalue weighted by molar-refractivity contribution is 6.26. The average Bonchev–Trinajstić information content (AvgIpc) is 2.67. The molecule has 0 saturated heterocycles. The van der Waals surface area contributed by atoms with E-state index in [1.54, 1.807) is 18.2 Å². The second kappa shape index (κ2) is 5.76. The molecule has 1 unspecified atom stereocenters. The molecule has 3 rings (SSSR count). The standard InChI is InChI=1S/C18H15NO4/c19-14-3-1-2-13-17(14)16(22)9-11(18(13)23)8-10-4-5-12(20)6-7-15(10)21/h1-3,6-7,9-10H,4-5,8,19H2. The van der Waals surface area contributed by atoms with Crippen LogP contribution >= 0.6 is 0 Å². The SMILES string of the molecule is Nc1cccc2c1C(=O)C=C(CC1CCC(=O)C=CC1=O)C2=O. The van der Waals surface area contributed by atoms with Crippen LogP contribution in [0.25, 0.3) is 0 Å². The van der Waals surface area contributed by atoms with Crippen molar-refractivity contribution in [2.45, 2.75) is 19.3 Å². The normalized spacial score (nSPS) is 21.0. The molecule has 2 aliphatic carbocycles. The molecular weight excluding hydrogens is 294 g/mol. The van der Waals surface area contributed by atoms with E-state index in [1.165, 1.54) is 18.2 Å². The summed E-state index contributed by atoms with van der Waals surface area (Å²) in [6, 6.07) is 4.77. The van der Waals surface area contributed by atoms with Gasteiger partial charge in [-0.05, 0) is 37.1 Å². The van der Waals surface area contributed by atoms with Crippen LogP contribution in [0.2, 0.25) is 0 Å². The Morgan fingerprint density at radius 2 is 1.87 bits per heavy atom. The van der Waals surface area contributed by atoms with Gasteiger partial charge in [0.15, 0.2) is 23.1 Å². The number of Topliss-reactive ketones (excluding diaryl/α,β-unsaturated/α-hetero) is 1. The van der Waals surface area contributed by atoms with Crippen LogP contribution < -0.4 is 5.73 Å². The van der Waals surface area contributed by atoms with Gasteiger partial charge in [0.1, 0.15) is 0 Å². The fourth-order valence-corrected chi connectivity index (χ4v) is 2.98. The first-order chi connectivity index (χ1) is 11.0.